The quantitative estimate of drug-likeness (QED) is 0.572. The van der Waals surface area contributed by atoms with E-state index in [0.717, 1.165) is 0 Å². The summed E-state index contributed by atoms with van der Waals surface area (Å²) in [5.41, 5.74) is 0.691. The molecule has 6 heteroatoms. The van der Waals surface area contributed by atoms with E-state index in [4.69, 9.17) is 5.11 Å². The van der Waals surface area contributed by atoms with Gasteiger partial charge in [-0.2, -0.15) is 0 Å². The number of hydrogen-bond acceptors (Lipinski definition) is 4. The number of rotatable bonds is 7. The van der Waals surface area contributed by atoms with Crippen LogP contribution in [-0.4, -0.2) is 33.2 Å². The van der Waals surface area contributed by atoms with Crippen molar-refractivity contribution in [2.24, 2.45) is 5.92 Å². The van der Waals surface area contributed by atoms with Crippen molar-refractivity contribution < 1.29 is 24.9 Å². The van der Waals surface area contributed by atoms with Gasteiger partial charge in [0.1, 0.15) is 6.04 Å². The number of phenolic OH excluding ortho intramolecular Hbond substituents is 2. The molecule has 1 aromatic rings. The first-order chi connectivity index (χ1) is 9.85. The predicted molar refractivity (Wildman–Crippen MR) is 77.1 cm³/mol. The maximum atomic E-state index is 11.8. The van der Waals surface area contributed by atoms with Crippen LogP contribution in [0.3, 0.4) is 0 Å². The molecule has 0 saturated heterocycles. The van der Waals surface area contributed by atoms with Crippen molar-refractivity contribution in [1.29, 1.82) is 0 Å². The van der Waals surface area contributed by atoms with Crippen LogP contribution in [0.2, 0.25) is 0 Å². The lowest BCUT2D eigenvalue weighted by atomic mass is 9.99. The van der Waals surface area contributed by atoms with Crippen molar-refractivity contribution in [3.63, 3.8) is 0 Å². The number of amides is 1. The van der Waals surface area contributed by atoms with Crippen LogP contribution in [0.4, 0.5) is 0 Å². The largest absolute Gasteiger partial charge is 0.504 e. The molecule has 0 saturated carbocycles. The van der Waals surface area contributed by atoms with Crippen LogP contribution in [0, 0.1) is 5.92 Å². The second-order valence-electron chi connectivity index (χ2n) is 5.09. The number of hydrogen-bond donors (Lipinski definition) is 4. The van der Waals surface area contributed by atoms with Gasteiger partial charge in [-0.05, 0) is 30.0 Å². The Balaban J connectivity index is 2.56. The summed E-state index contributed by atoms with van der Waals surface area (Å²) < 4.78 is 0. The number of aromatic hydroxyl groups is 2. The van der Waals surface area contributed by atoms with E-state index in [9.17, 15) is 19.8 Å². The molecule has 21 heavy (non-hydrogen) atoms. The van der Waals surface area contributed by atoms with Gasteiger partial charge in [0, 0.05) is 6.42 Å². The normalized spacial score (nSPS) is 13.4. The Labute approximate surface area is 123 Å². The van der Waals surface area contributed by atoms with Crippen LogP contribution >= 0.6 is 0 Å². The van der Waals surface area contributed by atoms with E-state index in [1.165, 1.54) is 12.1 Å². The highest BCUT2D eigenvalue weighted by atomic mass is 16.4. The van der Waals surface area contributed by atoms with Crippen LogP contribution in [0.1, 0.15) is 32.3 Å². The molecule has 4 N–H and O–H groups in total. The molecule has 0 aliphatic carbocycles. The Bertz CT molecular complexity index is 515. The summed E-state index contributed by atoms with van der Waals surface area (Å²) in [5.74, 6) is -2.00. The fourth-order valence-corrected chi connectivity index (χ4v) is 1.91. The summed E-state index contributed by atoms with van der Waals surface area (Å²) in [6.07, 6.45) is 1.13. The highest BCUT2D eigenvalue weighted by Crippen LogP contribution is 2.25. The third-order valence-electron chi connectivity index (χ3n) is 3.48. The molecular weight excluding hydrogens is 274 g/mol. The summed E-state index contributed by atoms with van der Waals surface area (Å²) >= 11 is 0. The Morgan fingerprint density at radius 2 is 1.90 bits per heavy atom. The summed E-state index contributed by atoms with van der Waals surface area (Å²) in [6, 6.07) is 3.44. The van der Waals surface area contributed by atoms with E-state index in [1.54, 1.807) is 13.0 Å². The number of nitrogens with one attached hydrogen (secondary N) is 1. The number of aliphatic carboxylic acids is 1. The van der Waals surface area contributed by atoms with Crippen molar-refractivity contribution in [3.8, 4) is 11.5 Å². The molecule has 0 aliphatic heterocycles. The molecule has 1 amide bonds. The molecule has 0 aliphatic rings. The van der Waals surface area contributed by atoms with E-state index in [0.29, 0.717) is 18.4 Å². The van der Waals surface area contributed by atoms with Crippen molar-refractivity contribution in [1.82, 2.24) is 5.32 Å². The number of carbonyl (C=O) groups is 2. The van der Waals surface area contributed by atoms with E-state index in [2.05, 4.69) is 5.32 Å². The molecule has 1 aromatic carbocycles. The van der Waals surface area contributed by atoms with Crippen molar-refractivity contribution in [2.75, 3.05) is 0 Å². The summed E-state index contributed by atoms with van der Waals surface area (Å²) in [4.78, 5) is 22.9. The first-order valence-corrected chi connectivity index (χ1v) is 6.88. The molecule has 0 heterocycles. The second-order valence-corrected chi connectivity index (χ2v) is 5.09. The van der Waals surface area contributed by atoms with Gasteiger partial charge in [-0.25, -0.2) is 4.79 Å². The number of phenols is 2. The zero-order valence-electron chi connectivity index (χ0n) is 12.2. The van der Waals surface area contributed by atoms with Gasteiger partial charge >= 0.3 is 5.97 Å². The lowest BCUT2D eigenvalue weighted by Gasteiger charge is -2.20. The van der Waals surface area contributed by atoms with Gasteiger partial charge in [0.15, 0.2) is 11.5 Å². The van der Waals surface area contributed by atoms with Gasteiger partial charge in [0.2, 0.25) is 5.91 Å². The average Bonchev–Trinajstić information content (AvgIpc) is 2.44. The number of aryl methyl sites for hydroxylation is 1. The third kappa shape index (κ3) is 4.98. The topological polar surface area (TPSA) is 107 Å². The maximum Gasteiger partial charge on any atom is 0.326 e. The summed E-state index contributed by atoms with van der Waals surface area (Å²) in [5, 5.41) is 30.2. The molecule has 2 atom stereocenters. The van der Waals surface area contributed by atoms with Crippen LogP contribution in [0.25, 0.3) is 0 Å². The molecule has 0 radical (unpaired) electrons. The molecule has 2 unspecified atom stereocenters. The van der Waals surface area contributed by atoms with Gasteiger partial charge in [-0.3, -0.25) is 4.79 Å². The van der Waals surface area contributed by atoms with E-state index in [1.807, 2.05) is 6.92 Å². The maximum absolute atomic E-state index is 11.8. The number of carboxylic acids is 1. The van der Waals surface area contributed by atoms with Crippen LogP contribution < -0.4 is 5.32 Å². The van der Waals surface area contributed by atoms with E-state index in [-0.39, 0.29) is 29.7 Å². The highest BCUT2D eigenvalue weighted by molar-refractivity contribution is 5.83. The first kappa shape index (κ1) is 16.8. The fourth-order valence-electron chi connectivity index (χ4n) is 1.91. The van der Waals surface area contributed by atoms with Crippen LogP contribution in [0.5, 0.6) is 11.5 Å². The fraction of sp³-hybridized carbons (Fsp3) is 0.467. The summed E-state index contributed by atoms with van der Waals surface area (Å²) in [7, 11) is 0. The van der Waals surface area contributed by atoms with Crippen LogP contribution in [-0.2, 0) is 16.0 Å². The highest BCUT2D eigenvalue weighted by Gasteiger charge is 2.24. The molecular formula is C15H21NO5. The van der Waals surface area contributed by atoms with Gasteiger partial charge in [0.05, 0.1) is 0 Å². The second kappa shape index (κ2) is 7.52. The van der Waals surface area contributed by atoms with Gasteiger partial charge < -0.3 is 20.6 Å². The summed E-state index contributed by atoms with van der Waals surface area (Å²) in [6.45, 7) is 3.64. The van der Waals surface area contributed by atoms with Gasteiger partial charge in [-0.15, -0.1) is 0 Å². The minimum atomic E-state index is -1.04. The Hall–Kier alpha value is -2.24. The van der Waals surface area contributed by atoms with E-state index < -0.39 is 12.0 Å². The first-order valence-electron chi connectivity index (χ1n) is 6.88. The molecule has 6 nitrogen and oxygen atoms in total. The van der Waals surface area contributed by atoms with Gasteiger partial charge in [0.25, 0.3) is 0 Å². The average molecular weight is 295 g/mol. The SMILES string of the molecule is CCC(C)C(NC(=O)CCc1ccc(O)c(O)c1)C(=O)O. The van der Waals surface area contributed by atoms with Gasteiger partial charge in [-0.1, -0.05) is 26.3 Å². The third-order valence-corrected chi connectivity index (χ3v) is 3.48. The molecule has 1 rings (SSSR count). The zero-order chi connectivity index (χ0) is 16.0. The number of benzene rings is 1. The standard InChI is InChI=1S/C15H21NO5/c1-3-9(2)14(15(20)21)16-13(19)7-5-10-4-6-11(17)12(18)8-10/h4,6,8-9,14,17-18H,3,5,7H2,1-2H3,(H,16,19)(H,20,21). The Kier molecular flexibility index (Phi) is 6.02. The molecule has 0 bridgehead atoms. The Morgan fingerprint density at radius 3 is 2.43 bits per heavy atom. The molecule has 0 spiro atoms. The number of carbonyl (C=O) groups excluding carboxylic acids is 1. The molecule has 0 fully saturated rings. The van der Waals surface area contributed by atoms with Crippen LogP contribution in [0.15, 0.2) is 18.2 Å². The zero-order valence-corrected chi connectivity index (χ0v) is 12.2. The van der Waals surface area contributed by atoms with Crippen molar-refractivity contribution in [2.45, 2.75) is 39.2 Å². The predicted octanol–water partition coefficient (Wildman–Crippen LogP) is 1.65. The molecule has 0 aromatic heterocycles. The smallest absolute Gasteiger partial charge is 0.326 e. The van der Waals surface area contributed by atoms with E-state index >= 15 is 0 Å². The van der Waals surface area contributed by atoms with Crippen molar-refractivity contribution in [3.05, 3.63) is 23.8 Å². The minimum Gasteiger partial charge on any atom is -0.504 e. The monoisotopic (exact) mass is 295 g/mol. The lowest BCUT2D eigenvalue weighted by molar-refractivity contribution is -0.143. The Morgan fingerprint density at radius 1 is 1.24 bits per heavy atom. The number of carboxylic acid groups (broad SMARTS) is 1. The minimum absolute atomic E-state index is 0.116. The lowest BCUT2D eigenvalue weighted by Crippen LogP contribution is -2.45. The molecule has 116 valence electrons. The van der Waals surface area contributed by atoms with Crippen molar-refractivity contribution >= 4 is 11.9 Å².